The van der Waals surface area contributed by atoms with Gasteiger partial charge in [-0.05, 0) is 18.2 Å². The lowest BCUT2D eigenvalue weighted by Gasteiger charge is -2.06. The van der Waals surface area contributed by atoms with E-state index in [0.717, 1.165) is 11.3 Å². The summed E-state index contributed by atoms with van der Waals surface area (Å²) in [6, 6.07) is 14.9. The number of benzene rings is 1. The van der Waals surface area contributed by atoms with Crippen molar-refractivity contribution < 1.29 is 0 Å². The quantitative estimate of drug-likeness (QED) is 0.762. The molecule has 0 atom stereocenters. The summed E-state index contributed by atoms with van der Waals surface area (Å²) in [7, 11) is 0. The Labute approximate surface area is 115 Å². The molecule has 3 aromatic rings. The summed E-state index contributed by atoms with van der Waals surface area (Å²) < 4.78 is 0. The van der Waals surface area contributed by atoms with Gasteiger partial charge in [-0.2, -0.15) is 0 Å². The second-order valence-electron chi connectivity index (χ2n) is 4.22. The van der Waals surface area contributed by atoms with Gasteiger partial charge in [-0.3, -0.25) is 4.79 Å². The molecule has 5 nitrogen and oxygen atoms in total. The maximum atomic E-state index is 11.3. The fraction of sp³-hybridized carbons (Fsp3) is 0. The van der Waals surface area contributed by atoms with Crippen molar-refractivity contribution in [2.75, 3.05) is 5.32 Å². The van der Waals surface area contributed by atoms with E-state index in [0.29, 0.717) is 11.5 Å². The molecule has 0 aliphatic heterocycles. The van der Waals surface area contributed by atoms with Crippen molar-refractivity contribution in [1.82, 2.24) is 15.0 Å². The standard InChI is InChI=1S/C15H12N4O/c20-15-8-11(6-7-16-15)13-9-14(18-10-17-13)19-12-4-2-1-3-5-12/h1-10H,(H,16,20)(H,17,18,19). The fourth-order valence-corrected chi connectivity index (χ4v) is 1.86. The summed E-state index contributed by atoms with van der Waals surface area (Å²) in [6.45, 7) is 0. The predicted molar refractivity (Wildman–Crippen MR) is 77.8 cm³/mol. The van der Waals surface area contributed by atoms with Crippen molar-refractivity contribution in [3.63, 3.8) is 0 Å². The molecule has 1 aromatic carbocycles. The molecule has 0 unspecified atom stereocenters. The van der Waals surface area contributed by atoms with Crippen LogP contribution >= 0.6 is 0 Å². The Hall–Kier alpha value is -2.95. The minimum Gasteiger partial charge on any atom is -0.340 e. The molecule has 2 heterocycles. The van der Waals surface area contributed by atoms with Crippen LogP contribution in [-0.4, -0.2) is 15.0 Å². The third kappa shape index (κ3) is 2.72. The average molecular weight is 264 g/mol. The lowest BCUT2D eigenvalue weighted by Crippen LogP contribution is -2.03. The Balaban J connectivity index is 1.92. The van der Waals surface area contributed by atoms with Gasteiger partial charge in [0, 0.05) is 29.6 Å². The van der Waals surface area contributed by atoms with Crippen LogP contribution in [0.4, 0.5) is 11.5 Å². The first-order chi connectivity index (χ1) is 9.81. The van der Waals surface area contributed by atoms with Crippen molar-refractivity contribution in [3.8, 4) is 11.3 Å². The zero-order valence-corrected chi connectivity index (χ0v) is 10.6. The molecule has 0 fully saturated rings. The van der Waals surface area contributed by atoms with Crippen LogP contribution in [0.3, 0.4) is 0 Å². The van der Waals surface area contributed by atoms with Gasteiger partial charge in [-0.1, -0.05) is 18.2 Å². The van der Waals surface area contributed by atoms with Gasteiger partial charge in [0.1, 0.15) is 12.1 Å². The Morgan fingerprint density at radius 1 is 1.00 bits per heavy atom. The van der Waals surface area contributed by atoms with Crippen LogP contribution in [0.15, 0.2) is 65.8 Å². The molecule has 0 aliphatic carbocycles. The van der Waals surface area contributed by atoms with Crippen LogP contribution in [0, 0.1) is 0 Å². The molecule has 98 valence electrons. The van der Waals surface area contributed by atoms with Crippen molar-refractivity contribution in [1.29, 1.82) is 0 Å². The highest BCUT2D eigenvalue weighted by atomic mass is 16.1. The highest BCUT2D eigenvalue weighted by Crippen LogP contribution is 2.19. The minimum absolute atomic E-state index is 0.154. The SMILES string of the molecule is O=c1cc(-c2cc(Nc3ccccc3)ncn2)cc[nH]1. The first-order valence-electron chi connectivity index (χ1n) is 6.14. The van der Waals surface area contributed by atoms with Gasteiger partial charge in [0.05, 0.1) is 5.69 Å². The first-order valence-corrected chi connectivity index (χ1v) is 6.14. The van der Waals surface area contributed by atoms with Gasteiger partial charge in [0.25, 0.3) is 0 Å². The molecule has 0 aliphatic rings. The molecular formula is C15H12N4O. The average Bonchev–Trinajstić information content (AvgIpc) is 2.49. The number of anilines is 2. The van der Waals surface area contributed by atoms with E-state index in [4.69, 9.17) is 0 Å². The number of nitrogens with zero attached hydrogens (tertiary/aromatic N) is 2. The molecule has 0 amide bonds. The number of para-hydroxylation sites is 1. The van der Waals surface area contributed by atoms with Gasteiger partial charge in [-0.15, -0.1) is 0 Å². The predicted octanol–water partition coefficient (Wildman–Crippen LogP) is 2.58. The van der Waals surface area contributed by atoms with Gasteiger partial charge >= 0.3 is 0 Å². The Morgan fingerprint density at radius 3 is 2.65 bits per heavy atom. The van der Waals surface area contributed by atoms with Crippen LogP contribution < -0.4 is 10.9 Å². The summed E-state index contributed by atoms with van der Waals surface area (Å²) >= 11 is 0. The lowest BCUT2D eigenvalue weighted by atomic mass is 10.2. The molecule has 0 saturated heterocycles. The molecule has 3 rings (SSSR count). The van der Waals surface area contributed by atoms with Gasteiger partial charge in [0.2, 0.25) is 5.56 Å². The van der Waals surface area contributed by atoms with E-state index >= 15 is 0 Å². The van der Waals surface area contributed by atoms with Crippen molar-refractivity contribution in [3.05, 3.63) is 71.4 Å². The number of aromatic nitrogens is 3. The number of hydrogen-bond donors (Lipinski definition) is 2. The van der Waals surface area contributed by atoms with Crippen LogP contribution in [0.2, 0.25) is 0 Å². The van der Waals surface area contributed by atoms with Crippen LogP contribution in [0.5, 0.6) is 0 Å². The number of hydrogen-bond acceptors (Lipinski definition) is 4. The zero-order valence-electron chi connectivity index (χ0n) is 10.6. The molecular weight excluding hydrogens is 252 g/mol. The maximum absolute atomic E-state index is 11.3. The third-order valence-electron chi connectivity index (χ3n) is 2.78. The van der Waals surface area contributed by atoms with Crippen LogP contribution in [0.1, 0.15) is 0 Å². The van der Waals surface area contributed by atoms with Gasteiger partial charge in [-0.25, -0.2) is 9.97 Å². The maximum Gasteiger partial charge on any atom is 0.248 e. The Kier molecular flexibility index (Phi) is 3.24. The molecule has 20 heavy (non-hydrogen) atoms. The van der Waals surface area contributed by atoms with E-state index in [1.165, 1.54) is 12.4 Å². The lowest BCUT2D eigenvalue weighted by molar-refractivity contribution is 1.16. The molecule has 0 radical (unpaired) electrons. The molecule has 5 heteroatoms. The highest BCUT2D eigenvalue weighted by molar-refractivity contribution is 5.64. The van der Waals surface area contributed by atoms with Gasteiger partial charge in [0.15, 0.2) is 0 Å². The van der Waals surface area contributed by atoms with E-state index in [2.05, 4.69) is 20.3 Å². The minimum atomic E-state index is -0.154. The molecule has 2 aromatic heterocycles. The number of aromatic amines is 1. The molecule has 2 N–H and O–H groups in total. The second kappa shape index (κ2) is 5.36. The highest BCUT2D eigenvalue weighted by Gasteiger charge is 2.02. The van der Waals surface area contributed by atoms with Gasteiger partial charge < -0.3 is 10.3 Å². The summed E-state index contributed by atoms with van der Waals surface area (Å²) in [5.41, 5.74) is 2.25. The van der Waals surface area contributed by atoms with Crippen molar-refractivity contribution in [2.24, 2.45) is 0 Å². The number of nitrogens with one attached hydrogen (secondary N) is 2. The monoisotopic (exact) mass is 264 g/mol. The number of rotatable bonds is 3. The Bertz CT molecular complexity index is 768. The van der Waals surface area contributed by atoms with E-state index in [1.807, 2.05) is 36.4 Å². The van der Waals surface area contributed by atoms with Crippen LogP contribution in [-0.2, 0) is 0 Å². The zero-order chi connectivity index (χ0) is 13.8. The fourth-order valence-electron chi connectivity index (χ4n) is 1.86. The number of H-pyrrole nitrogens is 1. The first kappa shape index (κ1) is 12.1. The van der Waals surface area contributed by atoms with Crippen molar-refractivity contribution >= 4 is 11.5 Å². The summed E-state index contributed by atoms with van der Waals surface area (Å²) in [4.78, 5) is 22.3. The van der Waals surface area contributed by atoms with E-state index in [1.54, 1.807) is 12.3 Å². The summed E-state index contributed by atoms with van der Waals surface area (Å²) in [5, 5.41) is 3.19. The third-order valence-corrected chi connectivity index (χ3v) is 2.78. The second-order valence-corrected chi connectivity index (χ2v) is 4.22. The van der Waals surface area contributed by atoms with Crippen molar-refractivity contribution in [2.45, 2.75) is 0 Å². The molecule has 0 saturated carbocycles. The Morgan fingerprint density at radius 2 is 1.85 bits per heavy atom. The molecule has 0 spiro atoms. The van der Waals surface area contributed by atoms with E-state index < -0.39 is 0 Å². The normalized spacial score (nSPS) is 10.2. The molecule has 0 bridgehead atoms. The largest absolute Gasteiger partial charge is 0.340 e. The van der Waals surface area contributed by atoms with E-state index in [9.17, 15) is 4.79 Å². The summed E-state index contributed by atoms with van der Waals surface area (Å²) in [6.07, 6.45) is 3.08. The van der Waals surface area contributed by atoms with E-state index in [-0.39, 0.29) is 5.56 Å². The summed E-state index contributed by atoms with van der Waals surface area (Å²) in [5.74, 6) is 0.682. The van der Waals surface area contributed by atoms with Crippen LogP contribution in [0.25, 0.3) is 11.3 Å². The number of pyridine rings is 1. The topological polar surface area (TPSA) is 70.7 Å². The smallest absolute Gasteiger partial charge is 0.248 e.